The van der Waals surface area contributed by atoms with E-state index in [2.05, 4.69) is 5.09 Å². The molecule has 2 aliphatic heterocycles. The number of ether oxygens (including phenoxy) is 2. The second-order valence-corrected chi connectivity index (χ2v) is 9.19. The summed E-state index contributed by atoms with van der Waals surface area (Å²) < 4.78 is 63.8. The molecule has 0 amide bonds. The SMILES string of the molecule is O=C1OCC[C@@H]1NP(=O)(OC[C@H]1O[C@@H](n2ccc(=O)[nH]c2=O)C(F)(F)[C@@H]1O)Oc1ccccc1. The lowest BCUT2D eigenvalue weighted by atomic mass is 10.1. The minimum absolute atomic E-state index is 0.0775. The zero-order valence-corrected chi connectivity index (χ0v) is 18.2. The molecule has 2 aromatic rings. The molecule has 1 aromatic heterocycles. The van der Waals surface area contributed by atoms with Crippen LogP contribution in [0.4, 0.5) is 8.78 Å². The maximum atomic E-state index is 14.7. The maximum absolute atomic E-state index is 14.7. The number of benzene rings is 1. The Bertz CT molecular complexity index is 1210. The number of hydrogen-bond donors (Lipinski definition) is 3. The number of aliphatic hydroxyl groups is 1. The van der Waals surface area contributed by atoms with Gasteiger partial charge < -0.3 is 19.1 Å². The number of nitrogens with one attached hydrogen (secondary N) is 2. The van der Waals surface area contributed by atoms with Crippen molar-refractivity contribution in [3.63, 3.8) is 0 Å². The normalized spacial score (nSPS) is 27.8. The summed E-state index contributed by atoms with van der Waals surface area (Å²) in [6, 6.07) is 7.56. The average molecular weight is 503 g/mol. The van der Waals surface area contributed by atoms with E-state index in [0.717, 1.165) is 12.3 Å². The smallest absolute Gasteiger partial charge is 0.459 e. The highest BCUT2D eigenvalue weighted by molar-refractivity contribution is 7.52. The topological polar surface area (TPSA) is 158 Å². The molecule has 4 rings (SSSR count). The standard InChI is InChI=1S/C19H20F2N3O9P/c20-19(21)15(26)13(32-17(19)24-8-6-14(25)22-18(24)28)10-31-34(29,23-12-7-9-30-16(12)27)33-11-4-2-1-3-5-11/h1-6,8,12-13,15,17,26H,7,9-10H2,(H,23,29)(H,22,25,28)/t12-,13+,15+,17+,34?/m0/s1. The van der Waals surface area contributed by atoms with Gasteiger partial charge in [-0.25, -0.2) is 9.36 Å². The van der Waals surface area contributed by atoms with Crippen LogP contribution in [-0.2, 0) is 23.4 Å². The fourth-order valence-electron chi connectivity index (χ4n) is 3.40. The third-order valence-corrected chi connectivity index (χ3v) is 6.68. The number of para-hydroxylation sites is 1. The molecule has 0 spiro atoms. The van der Waals surface area contributed by atoms with Crippen molar-refractivity contribution in [3.8, 4) is 5.75 Å². The fourth-order valence-corrected chi connectivity index (χ4v) is 4.94. The van der Waals surface area contributed by atoms with Crippen molar-refractivity contribution in [3.05, 3.63) is 63.4 Å². The summed E-state index contributed by atoms with van der Waals surface area (Å²) in [5, 5.41) is 12.6. The lowest BCUT2D eigenvalue weighted by Crippen LogP contribution is -2.42. The highest BCUT2D eigenvalue weighted by atomic mass is 31.2. The lowest BCUT2D eigenvalue weighted by molar-refractivity contribution is -0.141. The van der Waals surface area contributed by atoms with E-state index in [1.54, 1.807) is 18.2 Å². The number of hydrogen-bond acceptors (Lipinski definition) is 9. The molecule has 0 aliphatic carbocycles. The van der Waals surface area contributed by atoms with Crippen LogP contribution >= 0.6 is 7.75 Å². The Kier molecular flexibility index (Phi) is 6.69. The number of H-pyrrole nitrogens is 1. The van der Waals surface area contributed by atoms with Crippen molar-refractivity contribution in [2.75, 3.05) is 13.2 Å². The Morgan fingerprint density at radius 1 is 1.24 bits per heavy atom. The third kappa shape index (κ3) is 4.95. The quantitative estimate of drug-likeness (QED) is 0.343. The minimum atomic E-state index is -4.36. The molecule has 1 unspecified atom stereocenters. The predicted molar refractivity (Wildman–Crippen MR) is 109 cm³/mol. The first-order chi connectivity index (χ1) is 16.1. The molecular formula is C19H20F2N3O9P. The van der Waals surface area contributed by atoms with E-state index in [1.165, 1.54) is 12.1 Å². The number of alkyl halides is 2. The molecule has 2 aliphatic rings. The highest BCUT2D eigenvalue weighted by Gasteiger charge is 2.60. The fraction of sp³-hybridized carbons (Fsp3) is 0.421. The highest BCUT2D eigenvalue weighted by Crippen LogP contribution is 2.48. The first-order valence-corrected chi connectivity index (χ1v) is 11.6. The van der Waals surface area contributed by atoms with E-state index in [-0.39, 0.29) is 18.8 Å². The van der Waals surface area contributed by atoms with E-state index < -0.39 is 62.0 Å². The lowest BCUT2D eigenvalue weighted by Gasteiger charge is -2.23. The molecule has 0 radical (unpaired) electrons. The van der Waals surface area contributed by atoms with Crippen LogP contribution in [0.15, 0.2) is 52.2 Å². The molecule has 15 heteroatoms. The van der Waals surface area contributed by atoms with E-state index in [9.17, 15) is 32.8 Å². The molecule has 3 N–H and O–H groups in total. The predicted octanol–water partition coefficient (Wildman–Crippen LogP) is 0.539. The number of aliphatic hydroxyl groups excluding tert-OH is 1. The summed E-state index contributed by atoms with van der Waals surface area (Å²) in [7, 11) is -4.36. The number of carbonyl (C=O) groups excluding carboxylic acids is 1. The number of cyclic esters (lactones) is 1. The van der Waals surface area contributed by atoms with Crippen LogP contribution in [-0.4, -0.2) is 58.0 Å². The van der Waals surface area contributed by atoms with Gasteiger partial charge in [0, 0.05) is 18.7 Å². The van der Waals surface area contributed by atoms with Gasteiger partial charge in [-0.05, 0) is 12.1 Å². The summed E-state index contributed by atoms with van der Waals surface area (Å²) in [6.07, 6.45) is -5.51. The molecule has 0 saturated carbocycles. The third-order valence-electron chi connectivity index (χ3n) is 5.11. The molecule has 3 heterocycles. The van der Waals surface area contributed by atoms with Crippen molar-refractivity contribution in [1.29, 1.82) is 0 Å². The molecular weight excluding hydrogens is 483 g/mol. The summed E-state index contributed by atoms with van der Waals surface area (Å²) in [5.74, 6) is -4.56. The summed E-state index contributed by atoms with van der Waals surface area (Å²) in [4.78, 5) is 36.8. The van der Waals surface area contributed by atoms with Crippen LogP contribution in [0.1, 0.15) is 12.6 Å². The molecule has 184 valence electrons. The number of aromatic amines is 1. The summed E-state index contributed by atoms with van der Waals surface area (Å²) in [5.41, 5.74) is -1.98. The molecule has 5 atom stereocenters. The Morgan fingerprint density at radius 2 is 1.97 bits per heavy atom. The number of rotatable bonds is 8. The second kappa shape index (κ2) is 9.39. The molecule has 34 heavy (non-hydrogen) atoms. The molecule has 2 fully saturated rings. The van der Waals surface area contributed by atoms with Gasteiger partial charge in [0.1, 0.15) is 17.9 Å². The Labute approximate surface area is 190 Å². The van der Waals surface area contributed by atoms with E-state index in [0.29, 0.717) is 4.57 Å². The van der Waals surface area contributed by atoms with Gasteiger partial charge in [-0.3, -0.25) is 23.7 Å². The van der Waals surface area contributed by atoms with E-state index in [4.69, 9.17) is 18.5 Å². The zero-order valence-electron chi connectivity index (χ0n) is 17.3. The van der Waals surface area contributed by atoms with Crippen LogP contribution in [0.3, 0.4) is 0 Å². The van der Waals surface area contributed by atoms with Crippen LogP contribution in [0.2, 0.25) is 0 Å². The summed E-state index contributed by atoms with van der Waals surface area (Å²) >= 11 is 0. The van der Waals surface area contributed by atoms with Gasteiger partial charge in [0.2, 0.25) is 6.23 Å². The number of aromatic nitrogens is 2. The van der Waals surface area contributed by atoms with Crippen molar-refractivity contribution < 1.29 is 41.8 Å². The monoisotopic (exact) mass is 503 g/mol. The van der Waals surface area contributed by atoms with E-state index >= 15 is 0 Å². The van der Waals surface area contributed by atoms with Gasteiger partial charge in [0.15, 0.2) is 6.10 Å². The number of esters is 1. The van der Waals surface area contributed by atoms with Gasteiger partial charge in [0.05, 0.1) is 13.2 Å². The largest absolute Gasteiger partial charge is 0.464 e. The number of nitrogens with zero attached hydrogens (tertiary/aromatic N) is 1. The minimum Gasteiger partial charge on any atom is -0.464 e. The summed E-state index contributed by atoms with van der Waals surface area (Å²) in [6.45, 7) is -0.779. The Hall–Kier alpha value is -2.90. The van der Waals surface area contributed by atoms with E-state index in [1.807, 2.05) is 4.98 Å². The van der Waals surface area contributed by atoms with Crippen LogP contribution < -0.4 is 20.9 Å². The first-order valence-electron chi connectivity index (χ1n) is 10.1. The average Bonchev–Trinajstić information content (AvgIpc) is 3.28. The van der Waals surface area contributed by atoms with Crippen LogP contribution in [0.5, 0.6) is 5.75 Å². The second-order valence-electron chi connectivity index (χ2n) is 7.50. The van der Waals surface area contributed by atoms with Crippen molar-refractivity contribution in [1.82, 2.24) is 14.6 Å². The molecule has 2 saturated heterocycles. The molecule has 1 aromatic carbocycles. The van der Waals surface area contributed by atoms with Crippen molar-refractivity contribution in [2.24, 2.45) is 0 Å². The number of halogens is 2. The zero-order chi connectivity index (χ0) is 24.5. The van der Waals surface area contributed by atoms with Crippen molar-refractivity contribution >= 4 is 13.7 Å². The van der Waals surface area contributed by atoms with Gasteiger partial charge in [-0.2, -0.15) is 13.9 Å². The Morgan fingerprint density at radius 3 is 2.62 bits per heavy atom. The molecule has 0 bridgehead atoms. The van der Waals surface area contributed by atoms with Gasteiger partial charge in [-0.1, -0.05) is 18.2 Å². The van der Waals surface area contributed by atoms with Crippen molar-refractivity contribution in [2.45, 2.75) is 36.8 Å². The van der Waals surface area contributed by atoms with Gasteiger partial charge in [0.25, 0.3) is 5.56 Å². The van der Waals surface area contributed by atoms with Crippen LogP contribution in [0, 0.1) is 0 Å². The Balaban J connectivity index is 1.53. The maximum Gasteiger partial charge on any atom is 0.459 e. The van der Waals surface area contributed by atoms with Gasteiger partial charge >= 0.3 is 25.3 Å². The first kappa shape index (κ1) is 24.2. The van der Waals surface area contributed by atoms with Gasteiger partial charge in [-0.15, -0.1) is 0 Å². The number of carbonyl (C=O) groups is 1. The molecule has 12 nitrogen and oxygen atoms in total. The van der Waals surface area contributed by atoms with Crippen LogP contribution in [0.25, 0.3) is 0 Å².